The van der Waals surface area contributed by atoms with Crippen LogP contribution in [-0.2, 0) is 14.3 Å². The van der Waals surface area contributed by atoms with E-state index in [1.54, 1.807) is 49.4 Å². The molecule has 162 valence electrons. The molecule has 1 saturated heterocycles. The minimum atomic E-state index is -0.796. The maximum atomic E-state index is 12.4. The second kappa shape index (κ2) is 10.9. The summed E-state index contributed by atoms with van der Waals surface area (Å²) in [5.74, 6) is -0.214. The molecular weight excluding hydrogens is 400 g/mol. The van der Waals surface area contributed by atoms with Gasteiger partial charge in [0.25, 0.3) is 5.91 Å². The van der Waals surface area contributed by atoms with Gasteiger partial charge in [-0.3, -0.25) is 9.59 Å². The monoisotopic (exact) mass is 424 g/mol. The van der Waals surface area contributed by atoms with Crippen molar-refractivity contribution < 1.29 is 28.6 Å². The summed E-state index contributed by atoms with van der Waals surface area (Å²) in [7, 11) is 0. The highest BCUT2D eigenvalue weighted by molar-refractivity contribution is 6.04. The lowest BCUT2D eigenvalue weighted by molar-refractivity contribution is -0.112. The van der Waals surface area contributed by atoms with Gasteiger partial charge in [0.2, 0.25) is 5.91 Å². The van der Waals surface area contributed by atoms with E-state index in [0.29, 0.717) is 30.2 Å². The van der Waals surface area contributed by atoms with Gasteiger partial charge in [0.1, 0.15) is 5.75 Å². The summed E-state index contributed by atoms with van der Waals surface area (Å²) in [5.41, 5.74) is 2.69. The van der Waals surface area contributed by atoms with Crippen LogP contribution in [-0.4, -0.2) is 37.8 Å². The van der Waals surface area contributed by atoms with E-state index in [9.17, 15) is 14.4 Å². The number of hydrogen-bond donors (Lipinski definition) is 2. The van der Waals surface area contributed by atoms with Crippen molar-refractivity contribution in [1.82, 2.24) is 0 Å². The zero-order valence-electron chi connectivity index (χ0n) is 17.2. The molecule has 0 unspecified atom stereocenters. The van der Waals surface area contributed by atoms with Gasteiger partial charge in [-0.15, -0.1) is 0 Å². The van der Waals surface area contributed by atoms with Gasteiger partial charge >= 0.3 is 6.16 Å². The summed E-state index contributed by atoms with van der Waals surface area (Å²) in [6, 6.07) is 12.9. The number of carbonyl (C=O) groups excluding carboxylic acids is 3. The Morgan fingerprint density at radius 1 is 0.935 bits per heavy atom. The van der Waals surface area contributed by atoms with Crippen LogP contribution in [0.1, 0.15) is 30.1 Å². The molecule has 1 aliphatic heterocycles. The van der Waals surface area contributed by atoms with Crippen LogP contribution in [0, 0.1) is 0 Å². The standard InChI is InChI=1S/C23H24N2O6/c1-2-30-23(28)31-20-9-3-17(4-10-20)22(27)25-19-7-5-18(6-8-19)24-21(26)15-16-11-13-29-14-12-16/h3-10,15H,2,11-14H2,1H3,(H,24,26)(H,25,27). The molecule has 0 atom stereocenters. The normalized spacial score (nSPS) is 13.1. The van der Waals surface area contributed by atoms with Crippen molar-refractivity contribution in [3.63, 3.8) is 0 Å². The van der Waals surface area contributed by atoms with Gasteiger partial charge in [-0.2, -0.15) is 0 Å². The molecule has 0 aliphatic carbocycles. The van der Waals surface area contributed by atoms with Crippen molar-refractivity contribution in [2.75, 3.05) is 30.5 Å². The zero-order valence-corrected chi connectivity index (χ0v) is 17.2. The lowest BCUT2D eigenvalue weighted by atomic mass is 10.1. The molecule has 8 heteroatoms. The minimum Gasteiger partial charge on any atom is -0.434 e. The van der Waals surface area contributed by atoms with E-state index in [-0.39, 0.29) is 24.2 Å². The molecular formula is C23H24N2O6. The van der Waals surface area contributed by atoms with Crippen LogP contribution in [0.5, 0.6) is 5.75 Å². The third kappa shape index (κ3) is 6.97. The number of ether oxygens (including phenoxy) is 3. The van der Waals surface area contributed by atoms with E-state index >= 15 is 0 Å². The van der Waals surface area contributed by atoms with Crippen LogP contribution in [0.3, 0.4) is 0 Å². The van der Waals surface area contributed by atoms with Crippen LogP contribution in [0.25, 0.3) is 0 Å². The van der Waals surface area contributed by atoms with E-state index in [0.717, 1.165) is 18.4 Å². The molecule has 0 bridgehead atoms. The minimum absolute atomic E-state index is 0.182. The third-order valence-corrected chi connectivity index (χ3v) is 4.46. The average Bonchev–Trinajstić information content (AvgIpc) is 2.76. The first-order valence-corrected chi connectivity index (χ1v) is 9.98. The first-order chi connectivity index (χ1) is 15.0. The molecule has 2 amide bonds. The summed E-state index contributed by atoms with van der Waals surface area (Å²) < 4.78 is 14.9. The van der Waals surface area contributed by atoms with Crippen LogP contribution in [0.2, 0.25) is 0 Å². The molecule has 31 heavy (non-hydrogen) atoms. The molecule has 2 N–H and O–H groups in total. The highest BCUT2D eigenvalue weighted by atomic mass is 16.7. The number of carbonyl (C=O) groups is 3. The average molecular weight is 424 g/mol. The van der Waals surface area contributed by atoms with Gasteiger partial charge in [-0.05, 0) is 68.3 Å². The lowest BCUT2D eigenvalue weighted by Crippen LogP contribution is -2.14. The summed E-state index contributed by atoms with van der Waals surface area (Å²) in [4.78, 5) is 35.8. The number of rotatable bonds is 6. The summed E-state index contributed by atoms with van der Waals surface area (Å²) in [6.45, 7) is 3.19. The Morgan fingerprint density at radius 2 is 1.55 bits per heavy atom. The molecule has 1 aliphatic rings. The van der Waals surface area contributed by atoms with E-state index < -0.39 is 6.16 Å². The van der Waals surface area contributed by atoms with E-state index in [1.807, 2.05) is 0 Å². The maximum absolute atomic E-state index is 12.4. The van der Waals surface area contributed by atoms with Gasteiger partial charge in [0.15, 0.2) is 0 Å². The molecule has 0 radical (unpaired) electrons. The second-order valence-electron chi connectivity index (χ2n) is 6.75. The highest BCUT2D eigenvalue weighted by Crippen LogP contribution is 2.18. The predicted octanol–water partition coefficient (Wildman–Crippen LogP) is 4.15. The SMILES string of the molecule is CCOC(=O)Oc1ccc(C(=O)Nc2ccc(NC(=O)C=C3CCOCC3)cc2)cc1. The summed E-state index contributed by atoms with van der Waals surface area (Å²) in [5, 5.41) is 5.59. The van der Waals surface area contributed by atoms with Crippen molar-refractivity contribution >= 4 is 29.3 Å². The van der Waals surface area contributed by atoms with Gasteiger partial charge in [-0.1, -0.05) is 5.57 Å². The predicted molar refractivity (Wildman–Crippen MR) is 115 cm³/mol. The fraction of sp³-hybridized carbons (Fsp3) is 0.261. The van der Waals surface area contributed by atoms with E-state index in [1.165, 1.54) is 12.1 Å². The molecule has 0 spiro atoms. The number of hydrogen-bond acceptors (Lipinski definition) is 6. The molecule has 3 rings (SSSR count). The Bertz CT molecular complexity index is 943. The van der Waals surface area contributed by atoms with Gasteiger partial charge < -0.3 is 24.8 Å². The fourth-order valence-electron chi connectivity index (χ4n) is 2.90. The van der Waals surface area contributed by atoms with Gasteiger partial charge in [0, 0.05) is 23.0 Å². The number of nitrogens with one attached hydrogen (secondary N) is 2. The van der Waals surface area contributed by atoms with Crippen molar-refractivity contribution in [2.24, 2.45) is 0 Å². The first-order valence-electron chi connectivity index (χ1n) is 9.98. The topological polar surface area (TPSA) is 103 Å². The molecule has 8 nitrogen and oxygen atoms in total. The Hall–Kier alpha value is -3.65. The second-order valence-corrected chi connectivity index (χ2v) is 6.75. The zero-order chi connectivity index (χ0) is 22.1. The highest BCUT2D eigenvalue weighted by Gasteiger charge is 2.10. The van der Waals surface area contributed by atoms with E-state index in [4.69, 9.17) is 14.2 Å². The number of benzene rings is 2. The Balaban J connectivity index is 1.52. The van der Waals surface area contributed by atoms with Crippen LogP contribution in [0.15, 0.2) is 60.2 Å². The number of anilines is 2. The Labute approximate surface area is 180 Å². The largest absolute Gasteiger partial charge is 0.513 e. The van der Waals surface area contributed by atoms with Gasteiger partial charge in [-0.25, -0.2) is 4.79 Å². The van der Waals surface area contributed by atoms with Crippen molar-refractivity contribution in [3.8, 4) is 5.75 Å². The molecule has 1 heterocycles. The molecule has 1 fully saturated rings. The number of amides is 2. The van der Waals surface area contributed by atoms with Gasteiger partial charge in [0.05, 0.1) is 19.8 Å². The molecule has 2 aromatic rings. The van der Waals surface area contributed by atoms with Crippen molar-refractivity contribution in [2.45, 2.75) is 19.8 Å². The Kier molecular flexibility index (Phi) is 7.78. The van der Waals surface area contributed by atoms with Crippen molar-refractivity contribution in [1.29, 1.82) is 0 Å². The smallest absolute Gasteiger partial charge is 0.434 e. The maximum Gasteiger partial charge on any atom is 0.513 e. The lowest BCUT2D eigenvalue weighted by Gasteiger charge is -2.14. The summed E-state index contributed by atoms with van der Waals surface area (Å²) >= 11 is 0. The van der Waals surface area contributed by atoms with Crippen LogP contribution in [0.4, 0.5) is 16.2 Å². The quantitative estimate of drug-likeness (QED) is 0.410. The Morgan fingerprint density at radius 3 is 2.16 bits per heavy atom. The molecule has 0 saturated carbocycles. The fourth-order valence-corrected chi connectivity index (χ4v) is 2.90. The van der Waals surface area contributed by atoms with E-state index in [2.05, 4.69) is 10.6 Å². The van der Waals surface area contributed by atoms with Crippen molar-refractivity contribution in [3.05, 3.63) is 65.7 Å². The molecule has 2 aromatic carbocycles. The summed E-state index contributed by atoms with van der Waals surface area (Å²) in [6.07, 6.45) is 2.37. The third-order valence-electron chi connectivity index (χ3n) is 4.46. The van der Waals surface area contributed by atoms with Crippen LogP contribution < -0.4 is 15.4 Å². The van der Waals surface area contributed by atoms with Crippen LogP contribution >= 0.6 is 0 Å². The molecule has 0 aromatic heterocycles. The first kappa shape index (κ1) is 22.0.